The molecule has 0 saturated carbocycles. The summed E-state index contributed by atoms with van der Waals surface area (Å²) in [6, 6.07) is 2.76. The van der Waals surface area contributed by atoms with Gasteiger partial charge in [0.05, 0.1) is 11.1 Å². The highest BCUT2D eigenvalue weighted by molar-refractivity contribution is 6.32. The fourth-order valence-corrected chi connectivity index (χ4v) is 1.75. The Morgan fingerprint density at radius 2 is 2.38 bits per heavy atom. The lowest BCUT2D eigenvalue weighted by atomic mass is 10.1. The van der Waals surface area contributed by atoms with Crippen molar-refractivity contribution in [1.29, 1.82) is 0 Å². The van der Waals surface area contributed by atoms with E-state index >= 15 is 0 Å². The number of hydrogen-bond acceptors (Lipinski definition) is 2. The molecule has 13 heavy (non-hydrogen) atoms. The lowest BCUT2D eigenvalue weighted by molar-refractivity contribution is 0.318. The van der Waals surface area contributed by atoms with Crippen molar-refractivity contribution in [2.75, 3.05) is 13.7 Å². The molecule has 1 aromatic rings. The van der Waals surface area contributed by atoms with Crippen molar-refractivity contribution in [3.8, 4) is 5.75 Å². The number of halogens is 2. The summed E-state index contributed by atoms with van der Waals surface area (Å²) >= 11 is 5.80. The van der Waals surface area contributed by atoms with Crippen LogP contribution in [0.4, 0.5) is 4.39 Å². The van der Waals surface area contributed by atoms with Gasteiger partial charge in [-0.1, -0.05) is 11.6 Å². The highest BCUT2D eigenvalue weighted by Gasteiger charge is 2.25. The van der Waals surface area contributed by atoms with Crippen LogP contribution in [-0.2, 0) is 0 Å². The Morgan fingerprint density at radius 3 is 3.08 bits per heavy atom. The summed E-state index contributed by atoms with van der Waals surface area (Å²) in [6.45, 7) is 0.509. The third-order valence-electron chi connectivity index (χ3n) is 2.16. The van der Waals surface area contributed by atoms with Gasteiger partial charge in [0.15, 0.2) is 0 Å². The predicted octanol–water partition coefficient (Wildman–Crippen LogP) is 2.13. The highest BCUT2D eigenvalue weighted by Crippen LogP contribution is 2.38. The van der Waals surface area contributed by atoms with Crippen molar-refractivity contribution < 1.29 is 9.13 Å². The maximum Gasteiger partial charge on any atom is 0.143 e. The summed E-state index contributed by atoms with van der Waals surface area (Å²) in [5.74, 6) is 0.275. The first kappa shape index (κ1) is 8.78. The second-order valence-electron chi connectivity index (χ2n) is 2.96. The van der Waals surface area contributed by atoms with Crippen molar-refractivity contribution in [2.45, 2.75) is 6.04 Å². The number of hydrogen-bond donors (Lipinski definition) is 1. The zero-order valence-corrected chi connectivity index (χ0v) is 7.86. The van der Waals surface area contributed by atoms with E-state index in [1.165, 1.54) is 12.1 Å². The van der Waals surface area contributed by atoms with Crippen LogP contribution >= 0.6 is 11.6 Å². The average molecular weight is 202 g/mol. The summed E-state index contributed by atoms with van der Waals surface area (Å²) in [7, 11) is 1.81. The van der Waals surface area contributed by atoms with E-state index in [1.54, 1.807) is 0 Å². The molecule has 1 aliphatic rings. The monoisotopic (exact) mass is 201 g/mol. The fraction of sp³-hybridized carbons (Fsp3) is 0.333. The quantitative estimate of drug-likeness (QED) is 0.752. The molecular formula is C9H9ClFNO. The maximum atomic E-state index is 13.0. The Bertz CT molecular complexity index is 343. The van der Waals surface area contributed by atoms with Gasteiger partial charge in [0, 0.05) is 5.56 Å². The molecule has 2 rings (SSSR count). The van der Waals surface area contributed by atoms with Gasteiger partial charge in [-0.3, -0.25) is 0 Å². The third-order valence-corrected chi connectivity index (χ3v) is 2.44. The zero-order valence-electron chi connectivity index (χ0n) is 7.10. The third kappa shape index (κ3) is 1.38. The minimum absolute atomic E-state index is 0.0446. The highest BCUT2D eigenvalue weighted by atomic mass is 35.5. The van der Waals surface area contributed by atoms with Gasteiger partial charge in [0.25, 0.3) is 0 Å². The van der Waals surface area contributed by atoms with Gasteiger partial charge >= 0.3 is 0 Å². The van der Waals surface area contributed by atoms with Gasteiger partial charge < -0.3 is 10.1 Å². The van der Waals surface area contributed by atoms with Crippen LogP contribution in [0.3, 0.4) is 0 Å². The van der Waals surface area contributed by atoms with E-state index in [1.807, 2.05) is 7.05 Å². The minimum atomic E-state index is -0.325. The topological polar surface area (TPSA) is 21.3 Å². The van der Waals surface area contributed by atoms with Crippen LogP contribution in [0.15, 0.2) is 12.1 Å². The van der Waals surface area contributed by atoms with Crippen LogP contribution in [0.25, 0.3) is 0 Å². The van der Waals surface area contributed by atoms with Crippen molar-refractivity contribution >= 4 is 11.6 Å². The number of ether oxygens (including phenoxy) is 1. The summed E-state index contributed by atoms with van der Waals surface area (Å²) in [5, 5.41) is 3.36. The van der Waals surface area contributed by atoms with Crippen LogP contribution in [-0.4, -0.2) is 13.7 Å². The Hall–Kier alpha value is -0.800. The molecule has 0 radical (unpaired) electrons. The first-order chi connectivity index (χ1) is 6.22. The maximum absolute atomic E-state index is 13.0. The molecule has 4 heteroatoms. The zero-order chi connectivity index (χ0) is 9.42. The largest absolute Gasteiger partial charge is 0.490 e. The Kier molecular flexibility index (Phi) is 2.14. The first-order valence-corrected chi connectivity index (χ1v) is 4.39. The summed E-state index contributed by atoms with van der Waals surface area (Å²) in [6.07, 6.45) is 0. The van der Waals surface area contributed by atoms with E-state index in [-0.39, 0.29) is 11.9 Å². The average Bonchev–Trinajstić information content (AvgIpc) is 2.47. The van der Waals surface area contributed by atoms with Gasteiger partial charge in [0.1, 0.15) is 18.2 Å². The van der Waals surface area contributed by atoms with E-state index in [0.29, 0.717) is 17.4 Å². The molecule has 1 atom stereocenters. The molecule has 0 aliphatic carbocycles. The molecular weight excluding hydrogens is 193 g/mol. The Balaban J connectivity index is 2.51. The second kappa shape index (κ2) is 3.16. The van der Waals surface area contributed by atoms with E-state index in [4.69, 9.17) is 16.3 Å². The van der Waals surface area contributed by atoms with E-state index in [2.05, 4.69) is 5.32 Å². The lowest BCUT2D eigenvalue weighted by Gasteiger charge is -2.06. The van der Waals surface area contributed by atoms with Gasteiger partial charge in [0.2, 0.25) is 0 Å². The normalized spacial score (nSPS) is 19.8. The number of nitrogens with one attached hydrogen (secondary N) is 1. The number of fused-ring (bicyclic) bond motifs is 1. The fourth-order valence-electron chi connectivity index (χ4n) is 1.49. The molecule has 0 bridgehead atoms. The SMILES string of the molecule is CNC1COc2c(Cl)cc(F)cc21. The molecule has 1 unspecified atom stereocenters. The molecule has 70 valence electrons. The van der Waals surface area contributed by atoms with Crippen LogP contribution in [0.5, 0.6) is 5.75 Å². The van der Waals surface area contributed by atoms with Crippen LogP contribution in [0.2, 0.25) is 5.02 Å². The molecule has 0 spiro atoms. The number of rotatable bonds is 1. The van der Waals surface area contributed by atoms with E-state index in [0.717, 1.165) is 5.56 Å². The molecule has 0 fully saturated rings. The molecule has 0 saturated heterocycles. The molecule has 1 heterocycles. The molecule has 1 aromatic carbocycles. The summed E-state index contributed by atoms with van der Waals surface area (Å²) in [4.78, 5) is 0. The molecule has 1 N–H and O–H groups in total. The second-order valence-corrected chi connectivity index (χ2v) is 3.37. The minimum Gasteiger partial charge on any atom is -0.490 e. The summed E-state index contributed by atoms with van der Waals surface area (Å²) in [5.41, 5.74) is 0.799. The van der Waals surface area contributed by atoms with Crippen molar-refractivity contribution in [2.24, 2.45) is 0 Å². The smallest absolute Gasteiger partial charge is 0.143 e. The molecule has 0 aromatic heterocycles. The van der Waals surface area contributed by atoms with Gasteiger partial charge in [-0.15, -0.1) is 0 Å². The number of likely N-dealkylation sites (N-methyl/N-ethyl adjacent to an activating group) is 1. The van der Waals surface area contributed by atoms with Gasteiger partial charge in [-0.05, 0) is 19.2 Å². The first-order valence-electron chi connectivity index (χ1n) is 4.01. The molecule has 0 amide bonds. The van der Waals surface area contributed by atoms with Crippen LogP contribution in [0, 0.1) is 5.82 Å². The lowest BCUT2D eigenvalue weighted by Crippen LogP contribution is -2.17. The van der Waals surface area contributed by atoms with Crippen molar-refractivity contribution in [3.05, 3.63) is 28.5 Å². The predicted molar refractivity (Wildman–Crippen MR) is 48.7 cm³/mol. The molecule has 2 nitrogen and oxygen atoms in total. The Morgan fingerprint density at radius 1 is 1.62 bits per heavy atom. The van der Waals surface area contributed by atoms with Crippen LogP contribution < -0.4 is 10.1 Å². The van der Waals surface area contributed by atoms with E-state index < -0.39 is 0 Å². The van der Waals surface area contributed by atoms with E-state index in [9.17, 15) is 4.39 Å². The van der Waals surface area contributed by atoms with Crippen molar-refractivity contribution in [3.63, 3.8) is 0 Å². The van der Waals surface area contributed by atoms with Gasteiger partial charge in [-0.2, -0.15) is 0 Å². The molecule has 1 aliphatic heterocycles. The standard InChI is InChI=1S/C9H9ClFNO/c1-12-8-4-13-9-6(8)2-5(11)3-7(9)10/h2-3,8,12H,4H2,1H3. The van der Waals surface area contributed by atoms with Gasteiger partial charge in [-0.25, -0.2) is 4.39 Å². The number of benzene rings is 1. The Labute approximate surface area is 80.7 Å². The summed E-state index contributed by atoms with van der Waals surface area (Å²) < 4.78 is 18.3. The van der Waals surface area contributed by atoms with Crippen molar-refractivity contribution in [1.82, 2.24) is 5.32 Å². The van der Waals surface area contributed by atoms with Crippen LogP contribution in [0.1, 0.15) is 11.6 Å².